The van der Waals surface area contributed by atoms with Gasteiger partial charge in [0.25, 0.3) is 0 Å². The number of hydrogen-bond acceptors (Lipinski definition) is 3. The molecule has 0 radical (unpaired) electrons. The maximum atomic E-state index is 14.0. The molecule has 1 saturated carbocycles. The van der Waals surface area contributed by atoms with Gasteiger partial charge in [-0.05, 0) is 24.3 Å². The van der Waals surface area contributed by atoms with E-state index < -0.39 is 5.82 Å². The van der Waals surface area contributed by atoms with Gasteiger partial charge in [0.2, 0.25) is 0 Å². The van der Waals surface area contributed by atoms with E-state index in [1.165, 1.54) is 31.7 Å². The van der Waals surface area contributed by atoms with Gasteiger partial charge in [0.15, 0.2) is 5.82 Å². The first-order chi connectivity index (χ1) is 9.49. The van der Waals surface area contributed by atoms with E-state index >= 15 is 0 Å². The summed E-state index contributed by atoms with van der Waals surface area (Å²) in [6.07, 6.45) is 6.17. The molecule has 1 fully saturated rings. The number of halogens is 2. The topological polar surface area (TPSA) is 64.1 Å². The number of nitrogens with one attached hydrogen (secondary N) is 1. The molecule has 0 spiro atoms. The molecular weight excluding hydrogens is 277 g/mol. The quantitative estimate of drug-likeness (QED) is 0.727. The van der Waals surface area contributed by atoms with E-state index in [9.17, 15) is 4.39 Å². The smallest absolute Gasteiger partial charge is 0.169 e. The zero-order chi connectivity index (χ0) is 14.7. The molecule has 1 aromatic rings. The van der Waals surface area contributed by atoms with Crippen LogP contribution in [0.25, 0.3) is 0 Å². The van der Waals surface area contributed by atoms with Crippen molar-refractivity contribution in [2.45, 2.75) is 39.0 Å². The third-order valence-corrected chi connectivity index (χ3v) is 4.64. The Morgan fingerprint density at radius 2 is 1.90 bits per heavy atom. The lowest BCUT2D eigenvalue weighted by Gasteiger charge is -2.26. The van der Waals surface area contributed by atoms with E-state index in [1.54, 1.807) is 0 Å². The molecule has 0 saturated heterocycles. The van der Waals surface area contributed by atoms with Crippen LogP contribution in [0.3, 0.4) is 0 Å². The Labute approximate surface area is 124 Å². The molecule has 20 heavy (non-hydrogen) atoms. The Hall–Kier alpha value is -1.16. The number of hydrogen-bond donors (Lipinski definition) is 3. The number of rotatable bonds is 4. The minimum absolute atomic E-state index is 0.0619. The third kappa shape index (κ3) is 3.48. The maximum Gasteiger partial charge on any atom is 0.169 e. The van der Waals surface area contributed by atoms with Crippen molar-refractivity contribution in [3.63, 3.8) is 0 Å². The van der Waals surface area contributed by atoms with Crippen molar-refractivity contribution >= 4 is 28.7 Å². The second-order valence-electron chi connectivity index (χ2n) is 5.90. The summed E-state index contributed by atoms with van der Waals surface area (Å²) in [5.74, 6) is 1.02. The van der Waals surface area contributed by atoms with Gasteiger partial charge in [-0.15, -0.1) is 0 Å². The molecule has 112 valence electrons. The molecule has 0 amide bonds. The fourth-order valence-corrected chi connectivity index (χ4v) is 3.01. The summed E-state index contributed by atoms with van der Waals surface area (Å²) in [4.78, 5) is 0. The Balaban J connectivity index is 1.90. The highest BCUT2D eigenvalue weighted by molar-refractivity contribution is 6.33. The van der Waals surface area contributed by atoms with E-state index in [-0.39, 0.29) is 16.4 Å². The molecule has 0 atom stereocenters. The average molecular weight is 300 g/mol. The summed E-state index contributed by atoms with van der Waals surface area (Å²) >= 11 is 5.80. The number of anilines is 3. The number of nitrogens with two attached hydrogens (primary N) is 2. The maximum absolute atomic E-state index is 14.0. The predicted octanol–water partition coefficient (Wildman–Crippen LogP) is 4.27. The van der Waals surface area contributed by atoms with Crippen molar-refractivity contribution in [2.75, 3.05) is 23.3 Å². The molecule has 3 nitrogen and oxygen atoms in total. The minimum atomic E-state index is -0.554. The fourth-order valence-electron chi connectivity index (χ4n) is 2.86. The van der Waals surface area contributed by atoms with Crippen LogP contribution < -0.4 is 16.8 Å². The van der Waals surface area contributed by atoms with Crippen LogP contribution in [-0.2, 0) is 0 Å². The van der Waals surface area contributed by atoms with Crippen LogP contribution in [0.2, 0.25) is 5.02 Å². The molecule has 0 aliphatic heterocycles. The van der Waals surface area contributed by atoms with Gasteiger partial charge < -0.3 is 16.8 Å². The second-order valence-corrected chi connectivity index (χ2v) is 6.28. The number of nitrogen functional groups attached to an aromatic ring is 2. The molecule has 1 aliphatic carbocycles. The fraction of sp³-hybridized carbons (Fsp3) is 0.600. The Bertz CT molecular complexity index is 471. The van der Waals surface area contributed by atoms with E-state index in [1.807, 2.05) is 0 Å². The monoisotopic (exact) mass is 299 g/mol. The summed E-state index contributed by atoms with van der Waals surface area (Å²) in [5, 5.41) is 3.01. The van der Waals surface area contributed by atoms with Crippen LogP contribution in [0.15, 0.2) is 6.07 Å². The molecular formula is C15H23ClFN3. The van der Waals surface area contributed by atoms with Crippen LogP contribution in [0.4, 0.5) is 21.5 Å². The van der Waals surface area contributed by atoms with Crippen LogP contribution >= 0.6 is 11.6 Å². The standard InChI is InChI=1S/C15H23ClFN3/c1-9-2-4-10(5-3-9)6-7-20-15-12(19)8-11(18)13(16)14(15)17/h8-10,20H,2-7,18-19H2,1H3. The molecule has 1 aliphatic rings. The first-order valence-electron chi connectivity index (χ1n) is 7.25. The van der Waals surface area contributed by atoms with Gasteiger partial charge in [-0.25, -0.2) is 4.39 Å². The lowest BCUT2D eigenvalue weighted by Crippen LogP contribution is -2.16. The highest BCUT2D eigenvalue weighted by Crippen LogP contribution is 2.34. The average Bonchev–Trinajstić information content (AvgIpc) is 2.42. The Morgan fingerprint density at radius 1 is 1.25 bits per heavy atom. The lowest BCUT2D eigenvalue weighted by molar-refractivity contribution is 0.282. The summed E-state index contributed by atoms with van der Waals surface area (Å²) in [6, 6.07) is 1.50. The largest absolute Gasteiger partial charge is 0.397 e. The van der Waals surface area contributed by atoms with Crippen LogP contribution in [0, 0.1) is 17.7 Å². The minimum Gasteiger partial charge on any atom is -0.397 e. The van der Waals surface area contributed by atoms with Gasteiger partial charge in [-0.3, -0.25) is 0 Å². The normalized spacial score (nSPS) is 22.8. The predicted molar refractivity (Wildman–Crippen MR) is 84.5 cm³/mol. The summed E-state index contributed by atoms with van der Waals surface area (Å²) < 4.78 is 14.0. The van der Waals surface area contributed by atoms with Gasteiger partial charge in [-0.2, -0.15) is 0 Å². The summed E-state index contributed by atoms with van der Waals surface area (Å²) in [7, 11) is 0. The Morgan fingerprint density at radius 3 is 2.55 bits per heavy atom. The van der Waals surface area contributed by atoms with E-state index in [2.05, 4.69) is 12.2 Å². The molecule has 0 aromatic heterocycles. The molecule has 1 aromatic carbocycles. The molecule has 0 bridgehead atoms. The van der Waals surface area contributed by atoms with Crippen LogP contribution in [0.1, 0.15) is 39.0 Å². The van der Waals surface area contributed by atoms with Gasteiger partial charge in [0, 0.05) is 6.54 Å². The first kappa shape index (κ1) is 15.2. The zero-order valence-electron chi connectivity index (χ0n) is 11.9. The molecule has 5 N–H and O–H groups in total. The lowest BCUT2D eigenvalue weighted by atomic mass is 9.81. The number of benzene rings is 1. The van der Waals surface area contributed by atoms with E-state index in [0.717, 1.165) is 18.3 Å². The SMILES string of the molecule is CC1CCC(CCNc2c(N)cc(N)c(Cl)c2F)CC1. The van der Waals surface area contributed by atoms with Crippen molar-refractivity contribution in [2.24, 2.45) is 11.8 Å². The third-order valence-electron chi connectivity index (χ3n) is 4.26. The van der Waals surface area contributed by atoms with Crippen molar-refractivity contribution in [3.05, 3.63) is 16.9 Å². The summed E-state index contributed by atoms with van der Waals surface area (Å²) in [5.41, 5.74) is 12.1. The second kappa shape index (κ2) is 6.53. The Kier molecular flexibility index (Phi) is 4.97. The van der Waals surface area contributed by atoms with Gasteiger partial charge in [0.05, 0.1) is 17.1 Å². The molecule has 5 heteroatoms. The van der Waals surface area contributed by atoms with Gasteiger partial charge >= 0.3 is 0 Å². The molecule has 2 rings (SSSR count). The molecule has 0 heterocycles. The van der Waals surface area contributed by atoms with Crippen molar-refractivity contribution < 1.29 is 4.39 Å². The molecule has 0 unspecified atom stereocenters. The van der Waals surface area contributed by atoms with Crippen LogP contribution in [-0.4, -0.2) is 6.54 Å². The van der Waals surface area contributed by atoms with Gasteiger partial charge in [-0.1, -0.05) is 44.2 Å². The van der Waals surface area contributed by atoms with Crippen molar-refractivity contribution in [1.29, 1.82) is 0 Å². The van der Waals surface area contributed by atoms with Crippen molar-refractivity contribution in [3.8, 4) is 0 Å². The van der Waals surface area contributed by atoms with Crippen molar-refractivity contribution in [1.82, 2.24) is 0 Å². The highest BCUT2D eigenvalue weighted by atomic mass is 35.5. The first-order valence-corrected chi connectivity index (χ1v) is 7.63. The van der Waals surface area contributed by atoms with E-state index in [0.29, 0.717) is 12.2 Å². The highest BCUT2D eigenvalue weighted by Gasteiger charge is 2.18. The van der Waals surface area contributed by atoms with E-state index in [4.69, 9.17) is 23.1 Å². The van der Waals surface area contributed by atoms with Crippen LogP contribution in [0.5, 0.6) is 0 Å². The van der Waals surface area contributed by atoms with Gasteiger partial charge in [0.1, 0.15) is 5.02 Å². The zero-order valence-corrected chi connectivity index (χ0v) is 12.6. The summed E-state index contributed by atoms with van der Waals surface area (Å²) in [6.45, 7) is 3.02.